The molecule has 0 unspecified atom stereocenters. The van der Waals surface area contributed by atoms with Crippen LogP contribution < -0.4 is 0 Å². The molecule has 0 saturated heterocycles. The standard InChI is InChI=1S/C33H35F5O2/c1-2-3-4-5-6-7-8-20-9-11-21(12-10-20)22-13-15-23(16-14-22)25-19-26(34)30(33(39)40)32(38)29(25)24-17-27(35)31(37)28(36)18-24/h13-21H,2-12H2,1H3,(H,39,40). The minimum Gasteiger partial charge on any atom is -0.477 e. The van der Waals surface area contributed by atoms with Crippen molar-refractivity contribution in [2.24, 2.45) is 5.92 Å². The van der Waals surface area contributed by atoms with Crippen LogP contribution in [0.1, 0.15) is 99.4 Å². The number of unbranched alkanes of at least 4 members (excludes halogenated alkanes) is 5. The minimum atomic E-state index is -1.87. The van der Waals surface area contributed by atoms with Gasteiger partial charge in [-0.2, -0.15) is 0 Å². The van der Waals surface area contributed by atoms with E-state index in [0.29, 0.717) is 23.6 Å². The lowest BCUT2D eigenvalue weighted by Gasteiger charge is -2.29. The fourth-order valence-corrected chi connectivity index (χ4v) is 5.96. The van der Waals surface area contributed by atoms with Gasteiger partial charge in [-0.25, -0.2) is 26.7 Å². The number of carboxylic acids is 1. The quantitative estimate of drug-likeness (QED) is 0.144. The zero-order chi connectivity index (χ0) is 28.8. The molecule has 0 aliphatic heterocycles. The zero-order valence-corrected chi connectivity index (χ0v) is 22.7. The number of hydrogen-bond acceptors (Lipinski definition) is 1. The molecule has 1 aliphatic rings. The molecule has 2 nitrogen and oxygen atoms in total. The van der Waals surface area contributed by atoms with Gasteiger partial charge in [0.15, 0.2) is 17.5 Å². The molecular formula is C33H35F5O2. The van der Waals surface area contributed by atoms with Crippen LogP contribution >= 0.6 is 0 Å². The summed E-state index contributed by atoms with van der Waals surface area (Å²) in [5.74, 6) is -8.42. The van der Waals surface area contributed by atoms with Gasteiger partial charge >= 0.3 is 5.97 Å². The van der Waals surface area contributed by atoms with E-state index >= 15 is 4.39 Å². The lowest BCUT2D eigenvalue weighted by Crippen LogP contribution is -2.13. The Morgan fingerprint density at radius 2 is 1.35 bits per heavy atom. The minimum absolute atomic E-state index is 0.0837. The number of benzene rings is 3. The van der Waals surface area contributed by atoms with Crippen LogP contribution in [0.4, 0.5) is 22.0 Å². The number of aromatic carboxylic acids is 1. The molecule has 1 saturated carbocycles. The van der Waals surface area contributed by atoms with Crippen molar-refractivity contribution in [1.29, 1.82) is 0 Å². The maximum atomic E-state index is 15.4. The molecule has 3 aromatic rings. The Balaban J connectivity index is 1.53. The summed E-state index contributed by atoms with van der Waals surface area (Å²) < 4.78 is 71.7. The molecule has 3 aromatic carbocycles. The third kappa shape index (κ3) is 6.73. The SMILES string of the molecule is CCCCCCCCC1CCC(c2ccc(-c3cc(F)c(C(=O)O)c(F)c3-c3cc(F)c(F)c(F)c3)cc2)CC1. The van der Waals surface area contributed by atoms with Crippen molar-refractivity contribution in [2.45, 2.75) is 83.5 Å². The third-order valence-corrected chi connectivity index (χ3v) is 8.21. The lowest BCUT2D eigenvalue weighted by molar-refractivity contribution is 0.0686. The summed E-state index contributed by atoms with van der Waals surface area (Å²) in [7, 11) is 0. The van der Waals surface area contributed by atoms with Crippen molar-refractivity contribution in [1.82, 2.24) is 0 Å². The molecule has 1 aliphatic carbocycles. The first-order valence-electron chi connectivity index (χ1n) is 14.2. The number of carboxylic acid groups (broad SMARTS) is 1. The van der Waals surface area contributed by atoms with Gasteiger partial charge < -0.3 is 5.11 Å². The molecule has 0 amide bonds. The number of carbonyl (C=O) groups is 1. The summed E-state index contributed by atoms with van der Waals surface area (Å²) in [5, 5.41) is 9.34. The second-order valence-electron chi connectivity index (χ2n) is 10.9. The van der Waals surface area contributed by atoms with E-state index in [4.69, 9.17) is 0 Å². The highest BCUT2D eigenvalue weighted by molar-refractivity contribution is 5.94. The Bertz CT molecular complexity index is 1300. The van der Waals surface area contributed by atoms with Crippen molar-refractivity contribution in [3.63, 3.8) is 0 Å². The van der Waals surface area contributed by atoms with Crippen molar-refractivity contribution >= 4 is 5.97 Å². The molecule has 4 rings (SSSR count). The molecule has 1 N–H and O–H groups in total. The van der Waals surface area contributed by atoms with E-state index in [-0.39, 0.29) is 5.56 Å². The smallest absolute Gasteiger partial charge is 0.341 e. The fraction of sp³-hybridized carbons (Fsp3) is 0.424. The van der Waals surface area contributed by atoms with Crippen LogP contribution in [0.5, 0.6) is 0 Å². The van der Waals surface area contributed by atoms with Crippen LogP contribution in [0.25, 0.3) is 22.3 Å². The van der Waals surface area contributed by atoms with Gasteiger partial charge in [-0.15, -0.1) is 0 Å². The van der Waals surface area contributed by atoms with Gasteiger partial charge in [-0.1, -0.05) is 76.1 Å². The van der Waals surface area contributed by atoms with Gasteiger partial charge in [-0.3, -0.25) is 0 Å². The monoisotopic (exact) mass is 558 g/mol. The maximum absolute atomic E-state index is 15.4. The fourth-order valence-electron chi connectivity index (χ4n) is 5.96. The molecule has 0 aromatic heterocycles. The van der Waals surface area contributed by atoms with Crippen molar-refractivity contribution in [2.75, 3.05) is 0 Å². The molecule has 0 radical (unpaired) electrons. The molecule has 0 bridgehead atoms. The highest BCUT2D eigenvalue weighted by Gasteiger charge is 2.27. The highest BCUT2D eigenvalue weighted by atomic mass is 19.2. The van der Waals surface area contributed by atoms with Crippen molar-refractivity contribution in [3.05, 3.63) is 82.7 Å². The molecule has 40 heavy (non-hydrogen) atoms. The Labute approximate surface area is 232 Å². The van der Waals surface area contributed by atoms with Gasteiger partial charge in [0.25, 0.3) is 0 Å². The van der Waals surface area contributed by atoms with E-state index in [0.717, 1.165) is 30.4 Å². The first-order chi connectivity index (χ1) is 19.2. The number of halogens is 5. The van der Waals surface area contributed by atoms with Gasteiger partial charge in [0.05, 0.1) is 0 Å². The van der Waals surface area contributed by atoms with Gasteiger partial charge in [0.1, 0.15) is 17.2 Å². The largest absolute Gasteiger partial charge is 0.477 e. The summed E-state index contributed by atoms with van der Waals surface area (Å²) in [4.78, 5) is 11.5. The Morgan fingerprint density at radius 3 is 1.95 bits per heavy atom. The van der Waals surface area contributed by atoms with E-state index < -0.39 is 51.7 Å². The molecular weight excluding hydrogens is 523 g/mol. The van der Waals surface area contributed by atoms with Gasteiger partial charge in [-0.05, 0) is 78.0 Å². The first-order valence-corrected chi connectivity index (χ1v) is 14.2. The summed E-state index contributed by atoms with van der Waals surface area (Å²) in [6, 6.07) is 9.08. The van der Waals surface area contributed by atoms with E-state index in [9.17, 15) is 27.5 Å². The topological polar surface area (TPSA) is 37.3 Å². The first kappa shape index (κ1) is 29.8. The van der Waals surface area contributed by atoms with Crippen LogP contribution in [0.15, 0.2) is 42.5 Å². The van der Waals surface area contributed by atoms with Crippen molar-refractivity contribution < 1.29 is 31.9 Å². The predicted molar refractivity (Wildman–Crippen MR) is 147 cm³/mol. The van der Waals surface area contributed by atoms with Crippen LogP contribution in [-0.4, -0.2) is 11.1 Å². The number of hydrogen-bond donors (Lipinski definition) is 1. The van der Waals surface area contributed by atoms with Gasteiger partial charge in [0, 0.05) is 5.56 Å². The molecule has 0 atom stereocenters. The molecule has 7 heteroatoms. The normalized spacial score (nSPS) is 17.2. The molecule has 0 spiro atoms. The highest BCUT2D eigenvalue weighted by Crippen LogP contribution is 2.41. The summed E-state index contributed by atoms with van der Waals surface area (Å²) >= 11 is 0. The summed E-state index contributed by atoms with van der Waals surface area (Å²) in [5.41, 5.74) is -0.836. The molecule has 1 fully saturated rings. The second kappa shape index (κ2) is 13.4. The summed E-state index contributed by atoms with van der Waals surface area (Å²) in [6.07, 6.45) is 13.5. The van der Waals surface area contributed by atoms with E-state index in [1.165, 1.54) is 57.8 Å². The van der Waals surface area contributed by atoms with Crippen LogP contribution in [0, 0.1) is 35.0 Å². The average molecular weight is 559 g/mol. The third-order valence-electron chi connectivity index (χ3n) is 8.21. The van der Waals surface area contributed by atoms with Crippen LogP contribution in [0.3, 0.4) is 0 Å². The zero-order valence-electron chi connectivity index (χ0n) is 22.7. The predicted octanol–water partition coefficient (Wildman–Crippen LogP) is 10.4. The molecule has 0 heterocycles. The second-order valence-corrected chi connectivity index (χ2v) is 10.9. The maximum Gasteiger partial charge on any atom is 0.341 e. The van der Waals surface area contributed by atoms with Gasteiger partial charge in [0.2, 0.25) is 0 Å². The van der Waals surface area contributed by atoms with E-state index in [2.05, 4.69) is 6.92 Å². The van der Waals surface area contributed by atoms with Crippen molar-refractivity contribution in [3.8, 4) is 22.3 Å². The van der Waals surface area contributed by atoms with Crippen LogP contribution in [0.2, 0.25) is 0 Å². The lowest BCUT2D eigenvalue weighted by atomic mass is 9.77. The van der Waals surface area contributed by atoms with E-state index in [1.807, 2.05) is 12.1 Å². The Hall–Kier alpha value is -3.22. The van der Waals surface area contributed by atoms with E-state index in [1.54, 1.807) is 12.1 Å². The summed E-state index contributed by atoms with van der Waals surface area (Å²) in [6.45, 7) is 2.22. The average Bonchev–Trinajstić information content (AvgIpc) is 2.93. The molecule has 214 valence electrons. The Kier molecular flexibility index (Phi) is 9.99. The Morgan fingerprint density at radius 1 is 0.750 bits per heavy atom. The van der Waals surface area contributed by atoms with Crippen LogP contribution in [-0.2, 0) is 0 Å². The number of rotatable bonds is 11.